The van der Waals surface area contributed by atoms with Crippen LogP contribution in [0, 0.1) is 11.8 Å². The molecule has 1 aliphatic heterocycles. The van der Waals surface area contributed by atoms with Crippen molar-refractivity contribution in [3.63, 3.8) is 0 Å². The van der Waals surface area contributed by atoms with Gasteiger partial charge in [0.25, 0.3) is 6.43 Å². The number of likely N-dealkylation sites (tertiary alicyclic amines) is 1. The minimum absolute atomic E-state index is 0.0317. The molecule has 0 radical (unpaired) electrons. The molecule has 1 atom stereocenters. The van der Waals surface area contributed by atoms with Crippen LogP contribution in [0.4, 0.5) is 8.78 Å². The molecule has 1 aliphatic rings. The first-order chi connectivity index (χ1) is 7.11. The van der Waals surface area contributed by atoms with E-state index >= 15 is 0 Å². The molecule has 0 bridgehead atoms. The maximum Gasteiger partial charge on any atom is 0.251 e. The second-order valence-corrected chi connectivity index (χ2v) is 4.88. The van der Waals surface area contributed by atoms with E-state index in [0.29, 0.717) is 0 Å². The zero-order valence-corrected chi connectivity index (χ0v) is 9.88. The predicted octanol–water partition coefficient (Wildman–Crippen LogP) is 3.40. The molecule has 0 N–H and O–H groups in total. The molecular formula is C12H23F2N. The smallest absolute Gasteiger partial charge is 0.251 e. The Kier molecular flexibility index (Phi) is 5.51. The van der Waals surface area contributed by atoms with Gasteiger partial charge in [0.2, 0.25) is 0 Å². The lowest BCUT2D eigenvalue weighted by Gasteiger charge is -2.32. The van der Waals surface area contributed by atoms with Crippen molar-refractivity contribution < 1.29 is 8.78 Å². The molecule has 15 heavy (non-hydrogen) atoms. The van der Waals surface area contributed by atoms with Gasteiger partial charge in [-0.2, -0.15) is 0 Å². The number of hydrogen-bond donors (Lipinski definition) is 0. The Hall–Kier alpha value is -0.180. The van der Waals surface area contributed by atoms with Gasteiger partial charge in [-0.15, -0.1) is 0 Å². The molecule has 1 heterocycles. The first-order valence-corrected chi connectivity index (χ1v) is 6.12. The second kappa shape index (κ2) is 6.41. The average molecular weight is 219 g/mol. The highest BCUT2D eigenvalue weighted by Crippen LogP contribution is 2.25. The maximum absolute atomic E-state index is 12.1. The minimum Gasteiger partial charge on any atom is -0.298 e. The summed E-state index contributed by atoms with van der Waals surface area (Å²) in [5.74, 6) is 1.56. The van der Waals surface area contributed by atoms with Crippen LogP contribution >= 0.6 is 0 Å². The topological polar surface area (TPSA) is 3.24 Å². The van der Waals surface area contributed by atoms with Crippen molar-refractivity contribution in [2.24, 2.45) is 11.8 Å². The molecule has 0 spiro atoms. The van der Waals surface area contributed by atoms with Crippen molar-refractivity contribution >= 4 is 0 Å². The lowest BCUT2D eigenvalue weighted by molar-refractivity contribution is 0.0662. The Balaban J connectivity index is 2.18. The molecule has 0 saturated carbocycles. The Morgan fingerprint density at radius 3 is 2.33 bits per heavy atom. The Labute approximate surface area is 91.8 Å². The van der Waals surface area contributed by atoms with Gasteiger partial charge >= 0.3 is 0 Å². The van der Waals surface area contributed by atoms with Crippen LogP contribution in [-0.2, 0) is 0 Å². The van der Waals surface area contributed by atoms with Crippen LogP contribution in [0.3, 0.4) is 0 Å². The fraction of sp³-hybridized carbons (Fsp3) is 1.00. The van der Waals surface area contributed by atoms with E-state index in [1.54, 1.807) is 0 Å². The summed E-state index contributed by atoms with van der Waals surface area (Å²) in [6.45, 7) is 6.20. The van der Waals surface area contributed by atoms with Gasteiger partial charge in [0.15, 0.2) is 0 Å². The highest BCUT2D eigenvalue weighted by molar-refractivity contribution is 4.74. The molecular weight excluding hydrogens is 196 g/mol. The third-order valence-corrected chi connectivity index (χ3v) is 3.54. The van der Waals surface area contributed by atoms with Crippen molar-refractivity contribution in [1.29, 1.82) is 0 Å². The Bertz CT molecular complexity index is 165. The van der Waals surface area contributed by atoms with E-state index in [1.165, 1.54) is 12.8 Å². The summed E-state index contributed by atoms with van der Waals surface area (Å²) >= 11 is 0. The first-order valence-electron chi connectivity index (χ1n) is 6.12. The molecule has 0 aromatic heterocycles. The summed E-state index contributed by atoms with van der Waals surface area (Å²) in [5.41, 5.74) is 0. The van der Waals surface area contributed by atoms with Crippen LogP contribution in [0.1, 0.15) is 39.5 Å². The molecule has 0 aliphatic carbocycles. The van der Waals surface area contributed by atoms with Crippen LogP contribution in [0.25, 0.3) is 0 Å². The molecule has 1 rings (SSSR count). The molecule has 90 valence electrons. The van der Waals surface area contributed by atoms with Crippen LogP contribution < -0.4 is 0 Å². The van der Waals surface area contributed by atoms with Gasteiger partial charge in [0.1, 0.15) is 0 Å². The quantitative estimate of drug-likeness (QED) is 0.685. The molecule has 1 nitrogen and oxygen atoms in total. The molecule has 1 unspecified atom stereocenters. The number of hydrogen-bond acceptors (Lipinski definition) is 1. The zero-order valence-electron chi connectivity index (χ0n) is 9.88. The van der Waals surface area contributed by atoms with Crippen molar-refractivity contribution in [3.8, 4) is 0 Å². The maximum atomic E-state index is 12.1. The number of nitrogens with zero attached hydrogens (tertiary/aromatic N) is 1. The van der Waals surface area contributed by atoms with Gasteiger partial charge in [-0.3, -0.25) is 4.90 Å². The fourth-order valence-electron chi connectivity index (χ4n) is 2.34. The number of halogens is 2. The normalized spacial score (nSPS) is 22.2. The number of rotatable bonds is 5. The molecule has 0 amide bonds. The standard InChI is InChI=1S/C12H23F2N/c1-3-10(2)8-11-4-6-15(7-5-11)9-12(13)14/h10-12H,3-9H2,1-2H3. The van der Waals surface area contributed by atoms with E-state index in [-0.39, 0.29) is 6.54 Å². The Morgan fingerprint density at radius 1 is 1.27 bits per heavy atom. The summed E-state index contributed by atoms with van der Waals surface area (Å²) in [6.07, 6.45) is 2.56. The van der Waals surface area contributed by atoms with Crippen molar-refractivity contribution in [2.45, 2.75) is 46.0 Å². The number of alkyl halides is 2. The molecule has 0 aromatic carbocycles. The molecule has 1 fully saturated rings. The summed E-state index contributed by atoms with van der Waals surface area (Å²) in [6, 6.07) is 0. The van der Waals surface area contributed by atoms with E-state index < -0.39 is 6.43 Å². The third-order valence-electron chi connectivity index (χ3n) is 3.54. The van der Waals surface area contributed by atoms with E-state index in [4.69, 9.17) is 0 Å². The average Bonchev–Trinajstić information content (AvgIpc) is 2.20. The van der Waals surface area contributed by atoms with Gasteiger partial charge in [-0.25, -0.2) is 8.78 Å². The zero-order chi connectivity index (χ0) is 11.3. The van der Waals surface area contributed by atoms with Crippen molar-refractivity contribution in [2.75, 3.05) is 19.6 Å². The van der Waals surface area contributed by atoms with Crippen molar-refractivity contribution in [3.05, 3.63) is 0 Å². The summed E-state index contributed by atoms with van der Waals surface area (Å²) in [4.78, 5) is 1.90. The van der Waals surface area contributed by atoms with Crippen LogP contribution in [0.5, 0.6) is 0 Å². The van der Waals surface area contributed by atoms with Gasteiger partial charge < -0.3 is 0 Å². The van der Waals surface area contributed by atoms with Gasteiger partial charge in [-0.05, 0) is 44.2 Å². The SMILES string of the molecule is CCC(C)CC1CCN(CC(F)F)CC1. The first kappa shape index (κ1) is 12.9. The summed E-state index contributed by atoms with van der Waals surface area (Å²) < 4.78 is 24.3. The Morgan fingerprint density at radius 2 is 1.87 bits per heavy atom. The van der Waals surface area contributed by atoms with Crippen LogP contribution in [0.15, 0.2) is 0 Å². The summed E-state index contributed by atoms with van der Waals surface area (Å²) in [7, 11) is 0. The lowest BCUT2D eigenvalue weighted by atomic mass is 9.87. The van der Waals surface area contributed by atoms with Crippen molar-refractivity contribution in [1.82, 2.24) is 4.90 Å². The van der Waals surface area contributed by atoms with E-state index in [1.807, 2.05) is 4.90 Å². The minimum atomic E-state index is -2.17. The number of piperidine rings is 1. The molecule has 1 saturated heterocycles. The highest BCUT2D eigenvalue weighted by Gasteiger charge is 2.22. The van der Waals surface area contributed by atoms with Gasteiger partial charge in [0.05, 0.1) is 6.54 Å². The third kappa shape index (κ3) is 4.92. The molecule has 0 aromatic rings. The van der Waals surface area contributed by atoms with Crippen LogP contribution in [-0.4, -0.2) is 31.0 Å². The highest BCUT2D eigenvalue weighted by atomic mass is 19.3. The monoisotopic (exact) mass is 219 g/mol. The lowest BCUT2D eigenvalue weighted by Crippen LogP contribution is -2.37. The van der Waals surface area contributed by atoms with E-state index in [0.717, 1.165) is 37.8 Å². The van der Waals surface area contributed by atoms with Gasteiger partial charge in [0, 0.05) is 0 Å². The van der Waals surface area contributed by atoms with Gasteiger partial charge in [-0.1, -0.05) is 20.3 Å². The van der Waals surface area contributed by atoms with E-state index in [9.17, 15) is 8.78 Å². The molecule has 3 heteroatoms. The predicted molar refractivity (Wildman–Crippen MR) is 59.2 cm³/mol. The summed E-state index contributed by atoms with van der Waals surface area (Å²) in [5, 5.41) is 0. The fourth-order valence-corrected chi connectivity index (χ4v) is 2.34. The second-order valence-electron chi connectivity index (χ2n) is 4.88. The largest absolute Gasteiger partial charge is 0.298 e. The van der Waals surface area contributed by atoms with E-state index in [2.05, 4.69) is 13.8 Å². The van der Waals surface area contributed by atoms with Crippen LogP contribution in [0.2, 0.25) is 0 Å².